The molecular weight excluding hydrogens is 449 g/mol. The van der Waals surface area contributed by atoms with Crippen molar-refractivity contribution in [3.05, 3.63) is 0 Å². The lowest BCUT2D eigenvalue weighted by atomic mass is 10.3. The minimum absolute atomic E-state index is 0.472. The average molecular weight is 483 g/mol. The first-order valence-corrected chi connectivity index (χ1v) is 17.3. The molecule has 158 valence electrons. The minimum Gasteiger partial charge on any atom is -0.377 e. The molecule has 0 N–H and O–H groups in total. The summed E-state index contributed by atoms with van der Waals surface area (Å²) in [4.78, 5) is 0. The molecule has 0 aliphatic rings. The second kappa shape index (κ2) is 15.4. The third-order valence-corrected chi connectivity index (χ3v) is 17.0. The molecule has 0 heterocycles. The van der Waals surface area contributed by atoms with E-state index in [9.17, 15) is 0 Å². The van der Waals surface area contributed by atoms with Gasteiger partial charge in [-0.1, -0.05) is 35.4 Å². The normalized spacial score (nSPS) is 15.2. The Morgan fingerprint density at radius 3 is 1.08 bits per heavy atom. The molecule has 0 aliphatic heterocycles. The highest BCUT2D eigenvalue weighted by molar-refractivity contribution is 9.26. The van der Waals surface area contributed by atoms with Gasteiger partial charge in [-0.05, 0) is 31.5 Å². The molecule has 26 heavy (non-hydrogen) atoms. The van der Waals surface area contributed by atoms with Crippen LogP contribution in [0.5, 0.6) is 0 Å². The van der Waals surface area contributed by atoms with Crippen molar-refractivity contribution in [2.75, 3.05) is 54.2 Å². The molecule has 2 atom stereocenters. The molecule has 0 amide bonds. The minimum atomic E-state index is -2.47. The molecule has 12 heteroatoms. The maximum absolute atomic E-state index is 5.49. The quantitative estimate of drug-likeness (QED) is 0.166. The zero-order valence-electron chi connectivity index (χ0n) is 17.1. The van der Waals surface area contributed by atoms with Gasteiger partial charge in [0.1, 0.15) is 0 Å². The van der Waals surface area contributed by atoms with E-state index in [-0.39, 0.29) is 0 Å². The van der Waals surface area contributed by atoms with Gasteiger partial charge in [-0.15, -0.1) is 0 Å². The Balaban J connectivity index is 3.93. The van der Waals surface area contributed by atoms with Crippen molar-refractivity contribution in [3.8, 4) is 0 Å². The Morgan fingerprint density at radius 1 is 0.577 bits per heavy atom. The Labute approximate surface area is 176 Å². The fraction of sp³-hybridized carbons (Fsp3) is 1.00. The molecule has 0 saturated carbocycles. The summed E-state index contributed by atoms with van der Waals surface area (Å²) in [6.45, 7) is 4.41. The van der Waals surface area contributed by atoms with E-state index in [1.807, 2.05) is 41.2 Å². The Morgan fingerprint density at radius 2 is 0.846 bits per heavy atom. The fourth-order valence-corrected chi connectivity index (χ4v) is 13.4. The maximum Gasteiger partial charge on any atom is 0.500 e. The van der Waals surface area contributed by atoms with Crippen LogP contribution in [0, 0.1) is 11.8 Å². The smallest absolute Gasteiger partial charge is 0.377 e. The van der Waals surface area contributed by atoms with Crippen molar-refractivity contribution in [1.82, 2.24) is 0 Å². The van der Waals surface area contributed by atoms with Gasteiger partial charge in [0.05, 0.1) is 0 Å². The topological polar surface area (TPSA) is 55.4 Å². The summed E-state index contributed by atoms with van der Waals surface area (Å²) >= 11 is 0. The van der Waals surface area contributed by atoms with Crippen LogP contribution in [0.4, 0.5) is 0 Å². The number of rotatable bonds is 17. The van der Waals surface area contributed by atoms with Crippen molar-refractivity contribution in [1.29, 1.82) is 0 Å². The van der Waals surface area contributed by atoms with Crippen LogP contribution < -0.4 is 0 Å². The SMILES string of the molecule is CO[Si](CC(C)CSSSSCC(C)C[Si](OC)(OC)OC)(OC)OC. The van der Waals surface area contributed by atoms with E-state index < -0.39 is 17.6 Å². The summed E-state index contributed by atoms with van der Waals surface area (Å²) in [6.07, 6.45) is 0. The predicted octanol–water partition coefficient (Wildman–Crippen LogP) is 4.69. The Kier molecular flexibility index (Phi) is 16.4. The van der Waals surface area contributed by atoms with Crippen molar-refractivity contribution in [2.45, 2.75) is 25.9 Å². The first kappa shape index (κ1) is 27.6. The van der Waals surface area contributed by atoms with Crippen LogP contribution in [-0.4, -0.2) is 71.8 Å². The van der Waals surface area contributed by atoms with E-state index in [4.69, 9.17) is 26.6 Å². The van der Waals surface area contributed by atoms with Gasteiger partial charge in [0, 0.05) is 66.3 Å². The highest BCUT2D eigenvalue weighted by Crippen LogP contribution is 2.45. The molecule has 0 aromatic heterocycles. The van der Waals surface area contributed by atoms with Crippen molar-refractivity contribution >= 4 is 58.8 Å². The summed E-state index contributed by atoms with van der Waals surface area (Å²) in [5.41, 5.74) is 0. The van der Waals surface area contributed by atoms with Crippen LogP contribution in [0.2, 0.25) is 12.1 Å². The zero-order valence-corrected chi connectivity index (χ0v) is 22.3. The van der Waals surface area contributed by atoms with Crippen molar-refractivity contribution in [3.63, 3.8) is 0 Å². The van der Waals surface area contributed by atoms with Crippen LogP contribution >= 0.6 is 41.2 Å². The third-order valence-electron chi connectivity index (χ3n) is 3.89. The van der Waals surface area contributed by atoms with Gasteiger partial charge < -0.3 is 26.6 Å². The van der Waals surface area contributed by atoms with Gasteiger partial charge in [-0.25, -0.2) is 0 Å². The summed E-state index contributed by atoms with van der Waals surface area (Å²) < 4.78 is 32.9. The monoisotopic (exact) mass is 482 g/mol. The molecule has 0 bridgehead atoms. The fourth-order valence-electron chi connectivity index (χ4n) is 2.30. The largest absolute Gasteiger partial charge is 0.500 e. The Bertz CT molecular complexity index is 303. The highest BCUT2D eigenvalue weighted by Gasteiger charge is 2.40. The summed E-state index contributed by atoms with van der Waals surface area (Å²) in [5, 5.41) is 0. The van der Waals surface area contributed by atoms with E-state index in [0.717, 1.165) is 23.6 Å². The van der Waals surface area contributed by atoms with Crippen LogP contribution in [0.25, 0.3) is 0 Å². The van der Waals surface area contributed by atoms with Gasteiger partial charge in [-0.3, -0.25) is 0 Å². The lowest BCUT2D eigenvalue weighted by molar-refractivity contribution is 0.119. The second-order valence-electron chi connectivity index (χ2n) is 5.91. The molecule has 0 aliphatic carbocycles. The first-order valence-electron chi connectivity index (χ1n) is 8.25. The molecule has 0 aromatic carbocycles. The van der Waals surface area contributed by atoms with E-state index in [1.165, 1.54) is 0 Å². The van der Waals surface area contributed by atoms with E-state index in [1.54, 1.807) is 42.7 Å². The summed E-state index contributed by atoms with van der Waals surface area (Å²) in [6, 6.07) is 1.66. The number of hydrogen-bond acceptors (Lipinski definition) is 10. The molecule has 0 spiro atoms. The first-order chi connectivity index (χ1) is 12.4. The van der Waals surface area contributed by atoms with Gasteiger partial charge in [-0.2, -0.15) is 0 Å². The third kappa shape index (κ3) is 10.4. The number of hydrogen-bond donors (Lipinski definition) is 0. The summed E-state index contributed by atoms with van der Waals surface area (Å²) in [5.74, 6) is 3.01. The lowest BCUT2D eigenvalue weighted by Gasteiger charge is -2.27. The molecule has 6 nitrogen and oxygen atoms in total. The average Bonchev–Trinajstić information content (AvgIpc) is 2.67. The maximum atomic E-state index is 5.49. The zero-order chi connectivity index (χ0) is 20.1. The molecular formula is C14H34O6S4Si2. The Hall–Kier alpha value is 1.59. The second-order valence-corrected chi connectivity index (χ2v) is 18.0. The van der Waals surface area contributed by atoms with Gasteiger partial charge in [0.25, 0.3) is 0 Å². The van der Waals surface area contributed by atoms with E-state index in [2.05, 4.69) is 13.8 Å². The van der Waals surface area contributed by atoms with Crippen molar-refractivity contribution in [2.24, 2.45) is 11.8 Å². The standard InChI is InChI=1S/C14H34O6S4Si2/c1-13(11-25(15-3,16-4)17-5)9-21-23-24-22-10-14(2)12-26(18-6,19-7)20-8/h13-14H,9-12H2,1-8H3. The van der Waals surface area contributed by atoms with Crippen LogP contribution in [0.15, 0.2) is 0 Å². The van der Waals surface area contributed by atoms with Crippen LogP contribution in [0.1, 0.15) is 13.8 Å². The molecule has 0 saturated heterocycles. The van der Waals surface area contributed by atoms with Gasteiger partial charge >= 0.3 is 17.6 Å². The molecule has 0 radical (unpaired) electrons. The highest BCUT2D eigenvalue weighted by atomic mass is 33.7. The molecule has 0 fully saturated rings. The summed E-state index contributed by atoms with van der Waals surface area (Å²) in [7, 11) is 12.4. The van der Waals surface area contributed by atoms with Crippen molar-refractivity contribution < 1.29 is 26.6 Å². The molecule has 0 aromatic rings. The van der Waals surface area contributed by atoms with Crippen LogP contribution in [0.3, 0.4) is 0 Å². The van der Waals surface area contributed by atoms with E-state index in [0.29, 0.717) is 11.8 Å². The molecule has 2 unspecified atom stereocenters. The van der Waals surface area contributed by atoms with Crippen LogP contribution in [-0.2, 0) is 26.6 Å². The predicted molar refractivity (Wildman–Crippen MR) is 122 cm³/mol. The van der Waals surface area contributed by atoms with Gasteiger partial charge in [0.2, 0.25) is 0 Å². The lowest BCUT2D eigenvalue weighted by Crippen LogP contribution is -2.44. The molecule has 0 rings (SSSR count). The van der Waals surface area contributed by atoms with Gasteiger partial charge in [0.15, 0.2) is 0 Å². The van der Waals surface area contributed by atoms with E-state index >= 15 is 0 Å².